The molecular weight excluding hydrogens is 264 g/mol. The topological polar surface area (TPSA) is 85.7 Å². The largest absolute Gasteiger partial charge is 0.467 e. The predicted octanol–water partition coefficient (Wildman–Crippen LogP) is 1.64. The van der Waals surface area contributed by atoms with Gasteiger partial charge in [-0.2, -0.15) is 15.0 Å². The summed E-state index contributed by atoms with van der Waals surface area (Å²) in [7, 11) is 1.52. The highest BCUT2D eigenvalue weighted by molar-refractivity contribution is 7.99. The number of rotatable bonds is 6. The Morgan fingerprint density at radius 1 is 1.26 bits per heavy atom. The van der Waals surface area contributed by atoms with E-state index in [4.69, 9.17) is 4.74 Å². The average Bonchev–Trinajstić information content (AvgIpc) is 2.46. The Kier molecular flexibility index (Phi) is 4.85. The lowest BCUT2D eigenvalue weighted by Gasteiger charge is -2.06. The molecule has 2 aromatic rings. The molecule has 0 aromatic carbocycles. The summed E-state index contributed by atoms with van der Waals surface area (Å²) in [5.74, 6) is 0.500. The van der Waals surface area contributed by atoms with E-state index in [0.29, 0.717) is 11.1 Å². The van der Waals surface area contributed by atoms with E-state index in [-0.39, 0.29) is 6.01 Å². The van der Waals surface area contributed by atoms with Crippen molar-refractivity contribution >= 4 is 17.7 Å². The van der Waals surface area contributed by atoms with Crippen LogP contribution >= 0.6 is 11.8 Å². The van der Waals surface area contributed by atoms with Crippen molar-refractivity contribution in [2.24, 2.45) is 0 Å². The molecule has 0 amide bonds. The Balaban J connectivity index is 2.19. The standard InChI is InChI=1S/C11H14N6OS/c1-3-4-14-9-15-10(18-2)17-11(16-9)19-8-7-12-5-6-13-8/h5-7H,3-4H2,1-2H3,(H,14,15,16,17). The molecule has 2 aromatic heterocycles. The second-order valence-electron chi connectivity index (χ2n) is 3.50. The molecule has 0 fully saturated rings. The summed E-state index contributed by atoms with van der Waals surface area (Å²) in [5, 5.41) is 4.34. The highest BCUT2D eigenvalue weighted by Crippen LogP contribution is 2.23. The fourth-order valence-corrected chi connectivity index (χ4v) is 1.89. The molecule has 0 aliphatic carbocycles. The summed E-state index contributed by atoms with van der Waals surface area (Å²) >= 11 is 1.31. The van der Waals surface area contributed by atoms with E-state index >= 15 is 0 Å². The van der Waals surface area contributed by atoms with Gasteiger partial charge in [0.05, 0.1) is 13.3 Å². The Morgan fingerprint density at radius 2 is 2.16 bits per heavy atom. The molecule has 100 valence electrons. The zero-order valence-electron chi connectivity index (χ0n) is 10.7. The second-order valence-corrected chi connectivity index (χ2v) is 4.49. The van der Waals surface area contributed by atoms with E-state index < -0.39 is 0 Å². The lowest BCUT2D eigenvalue weighted by molar-refractivity contribution is 0.373. The predicted molar refractivity (Wildman–Crippen MR) is 71.3 cm³/mol. The van der Waals surface area contributed by atoms with Crippen LogP contribution in [0, 0.1) is 0 Å². The van der Waals surface area contributed by atoms with Gasteiger partial charge in [0.15, 0.2) is 0 Å². The molecular formula is C11H14N6OS. The van der Waals surface area contributed by atoms with Crippen molar-refractivity contribution in [1.82, 2.24) is 24.9 Å². The third-order valence-corrected chi connectivity index (χ3v) is 2.83. The fourth-order valence-electron chi connectivity index (χ4n) is 1.22. The van der Waals surface area contributed by atoms with Gasteiger partial charge in [0.25, 0.3) is 0 Å². The lowest BCUT2D eigenvalue weighted by Crippen LogP contribution is -2.07. The van der Waals surface area contributed by atoms with Crippen LogP contribution in [0.15, 0.2) is 28.8 Å². The van der Waals surface area contributed by atoms with Crippen molar-refractivity contribution in [3.8, 4) is 6.01 Å². The van der Waals surface area contributed by atoms with Crippen LogP contribution in [0.2, 0.25) is 0 Å². The normalized spacial score (nSPS) is 10.2. The molecule has 2 heterocycles. The van der Waals surface area contributed by atoms with E-state index in [1.54, 1.807) is 18.6 Å². The summed E-state index contributed by atoms with van der Waals surface area (Å²) < 4.78 is 5.06. The first-order chi connectivity index (χ1) is 9.31. The minimum absolute atomic E-state index is 0.278. The lowest BCUT2D eigenvalue weighted by atomic mass is 10.5. The van der Waals surface area contributed by atoms with Crippen molar-refractivity contribution in [1.29, 1.82) is 0 Å². The molecule has 0 aliphatic rings. The van der Waals surface area contributed by atoms with Crippen LogP contribution in [0.25, 0.3) is 0 Å². The summed E-state index contributed by atoms with van der Waals surface area (Å²) in [6.45, 7) is 2.86. The number of nitrogens with one attached hydrogen (secondary N) is 1. The number of hydrogen-bond donors (Lipinski definition) is 1. The zero-order chi connectivity index (χ0) is 13.5. The summed E-state index contributed by atoms with van der Waals surface area (Å²) in [4.78, 5) is 20.7. The molecule has 0 aliphatic heterocycles. The number of ether oxygens (including phenoxy) is 1. The monoisotopic (exact) mass is 278 g/mol. The van der Waals surface area contributed by atoms with Crippen LogP contribution in [0.3, 0.4) is 0 Å². The van der Waals surface area contributed by atoms with Crippen LogP contribution in [-0.4, -0.2) is 38.6 Å². The molecule has 1 N–H and O–H groups in total. The SMILES string of the molecule is CCCNc1nc(OC)nc(Sc2cnccn2)n1. The van der Waals surface area contributed by atoms with Crippen molar-refractivity contribution < 1.29 is 4.74 Å². The molecule has 0 unspecified atom stereocenters. The number of aromatic nitrogens is 5. The highest BCUT2D eigenvalue weighted by atomic mass is 32.2. The Hall–Kier alpha value is -1.96. The fraction of sp³-hybridized carbons (Fsp3) is 0.364. The van der Waals surface area contributed by atoms with Gasteiger partial charge in [0.2, 0.25) is 11.1 Å². The maximum Gasteiger partial charge on any atom is 0.321 e. The van der Waals surface area contributed by atoms with Crippen molar-refractivity contribution in [2.45, 2.75) is 23.5 Å². The minimum Gasteiger partial charge on any atom is -0.467 e. The van der Waals surface area contributed by atoms with Crippen molar-refractivity contribution in [2.75, 3.05) is 19.0 Å². The van der Waals surface area contributed by atoms with Gasteiger partial charge in [0.1, 0.15) is 5.03 Å². The van der Waals surface area contributed by atoms with Gasteiger partial charge < -0.3 is 10.1 Å². The van der Waals surface area contributed by atoms with Crippen LogP contribution < -0.4 is 10.1 Å². The number of nitrogens with zero attached hydrogens (tertiary/aromatic N) is 5. The van der Waals surface area contributed by atoms with Gasteiger partial charge in [-0.05, 0) is 18.2 Å². The zero-order valence-corrected chi connectivity index (χ0v) is 11.5. The van der Waals surface area contributed by atoms with E-state index in [1.165, 1.54) is 18.9 Å². The van der Waals surface area contributed by atoms with Crippen LogP contribution in [0.5, 0.6) is 6.01 Å². The van der Waals surface area contributed by atoms with Crippen LogP contribution in [0.4, 0.5) is 5.95 Å². The van der Waals surface area contributed by atoms with Crippen LogP contribution in [-0.2, 0) is 0 Å². The third-order valence-electron chi connectivity index (χ3n) is 2.05. The molecule has 0 bridgehead atoms. The van der Waals surface area contributed by atoms with E-state index in [9.17, 15) is 0 Å². The molecule has 8 heteroatoms. The van der Waals surface area contributed by atoms with Gasteiger partial charge in [0, 0.05) is 18.9 Å². The first-order valence-corrected chi connectivity index (χ1v) is 6.61. The molecule has 19 heavy (non-hydrogen) atoms. The van der Waals surface area contributed by atoms with Gasteiger partial charge >= 0.3 is 6.01 Å². The number of hydrogen-bond acceptors (Lipinski definition) is 8. The third kappa shape index (κ3) is 4.02. The molecule has 7 nitrogen and oxygen atoms in total. The van der Waals surface area contributed by atoms with E-state index in [1.807, 2.05) is 0 Å². The van der Waals surface area contributed by atoms with Gasteiger partial charge in [-0.3, -0.25) is 4.98 Å². The maximum atomic E-state index is 5.06. The molecule has 2 rings (SSSR count). The van der Waals surface area contributed by atoms with Gasteiger partial charge in [-0.1, -0.05) is 6.92 Å². The molecule has 0 saturated heterocycles. The average molecular weight is 278 g/mol. The molecule has 0 saturated carbocycles. The Labute approximate surface area is 115 Å². The number of anilines is 1. The maximum absolute atomic E-state index is 5.06. The highest BCUT2D eigenvalue weighted by Gasteiger charge is 2.08. The molecule has 0 atom stereocenters. The van der Waals surface area contributed by atoms with Gasteiger partial charge in [-0.25, -0.2) is 4.98 Å². The van der Waals surface area contributed by atoms with Crippen molar-refractivity contribution in [3.05, 3.63) is 18.6 Å². The first kappa shape index (κ1) is 13.5. The summed E-state index contributed by atoms with van der Waals surface area (Å²) in [5.41, 5.74) is 0. The van der Waals surface area contributed by atoms with E-state index in [0.717, 1.165) is 18.0 Å². The second kappa shape index (κ2) is 6.83. The summed E-state index contributed by atoms with van der Waals surface area (Å²) in [6.07, 6.45) is 5.88. The Bertz CT molecular complexity index is 524. The quantitative estimate of drug-likeness (QED) is 0.853. The molecule has 0 spiro atoms. The van der Waals surface area contributed by atoms with Gasteiger partial charge in [-0.15, -0.1) is 0 Å². The Morgan fingerprint density at radius 3 is 2.84 bits per heavy atom. The smallest absolute Gasteiger partial charge is 0.321 e. The van der Waals surface area contributed by atoms with E-state index in [2.05, 4.69) is 37.2 Å². The first-order valence-electron chi connectivity index (χ1n) is 5.79. The molecule has 0 radical (unpaired) electrons. The number of methoxy groups -OCH3 is 1. The summed E-state index contributed by atoms with van der Waals surface area (Å²) in [6, 6.07) is 0.278. The van der Waals surface area contributed by atoms with Crippen LogP contribution in [0.1, 0.15) is 13.3 Å². The minimum atomic E-state index is 0.278. The van der Waals surface area contributed by atoms with Crippen molar-refractivity contribution in [3.63, 3.8) is 0 Å².